The maximum atomic E-state index is 5.14. The largest absolute Gasteiger partial charge is 0.379 e. The molecule has 5 heteroatoms. The molecule has 72 valence electrons. The van der Waals surface area contributed by atoms with E-state index in [0.29, 0.717) is 0 Å². The maximum absolute atomic E-state index is 5.14. The highest BCUT2D eigenvalue weighted by molar-refractivity contribution is 5.85. The van der Waals surface area contributed by atoms with Crippen molar-refractivity contribution in [2.75, 3.05) is 13.7 Å². The summed E-state index contributed by atoms with van der Waals surface area (Å²) in [6.07, 6.45) is 0.931. The number of methoxy groups -OCH3 is 1. The molecule has 0 saturated carbocycles. The van der Waals surface area contributed by atoms with Crippen molar-refractivity contribution in [2.45, 2.75) is 25.9 Å². The molecule has 0 bridgehead atoms. The average Bonchev–Trinajstić information content (AvgIpc) is 1.84. The first-order valence-corrected chi connectivity index (χ1v) is 3.11. The van der Waals surface area contributed by atoms with Gasteiger partial charge in [0.1, 0.15) is 0 Å². The number of ether oxygens (including phenoxy) is 1. The molecule has 0 heterocycles. The van der Waals surface area contributed by atoms with Gasteiger partial charge >= 0.3 is 0 Å². The van der Waals surface area contributed by atoms with Gasteiger partial charge in [0, 0.05) is 13.7 Å². The van der Waals surface area contributed by atoms with Gasteiger partial charge in [0.25, 0.3) is 0 Å². The summed E-state index contributed by atoms with van der Waals surface area (Å²) < 4.78 is 5.14. The first-order valence-electron chi connectivity index (χ1n) is 3.11. The highest BCUT2D eigenvalue weighted by atomic mass is 35.5. The molecule has 3 nitrogen and oxygen atoms in total. The number of nitrogens with two attached hydrogens (primary N) is 1. The molecule has 0 amide bonds. The summed E-state index contributed by atoms with van der Waals surface area (Å²) in [6, 6.07) is 0. The topological polar surface area (TPSA) is 47.3 Å². The second-order valence-electron chi connectivity index (χ2n) is 2.67. The van der Waals surface area contributed by atoms with Gasteiger partial charge in [-0.05, 0) is 20.3 Å². The zero-order chi connectivity index (χ0) is 7.33. The van der Waals surface area contributed by atoms with Crippen LogP contribution < -0.4 is 11.3 Å². The standard InChI is InChI=1S/C6H16N2O.2ClH/c1-6(2,9-3)4-5-8-7;;/h8H,4-5,7H2,1-3H3;2*1H. The van der Waals surface area contributed by atoms with E-state index in [0.717, 1.165) is 13.0 Å². The third-order valence-electron chi connectivity index (χ3n) is 1.42. The summed E-state index contributed by atoms with van der Waals surface area (Å²) in [5, 5.41) is 0. The van der Waals surface area contributed by atoms with Crippen molar-refractivity contribution in [2.24, 2.45) is 5.84 Å². The lowest BCUT2D eigenvalue weighted by molar-refractivity contribution is 0.0159. The van der Waals surface area contributed by atoms with E-state index in [4.69, 9.17) is 10.6 Å². The van der Waals surface area contributed by atoms with Gasteiger partial charge in [-0.25, -0.2) is 0 Å². The van der Waals surface area contributed by atoms with E-state index in [1.165, 1.54) is 0 Å². The number of hydrogen-bond donors (Lipinski definition) is 2. The molecule has 0 aliphatic rings. The minimum atomic E-state index is -0.0492. The Morgan fingerprint density at radius 2 is 1.82 bits per heavy atom. The zero-order valence-electron chi connectivity index (χ0n) is 7.22. The van der Waals surface area contributed by atoms with E-state index in [2.05, 4.69) is 5.43 Å². The molecule has 0 aromatic carbocycles. The van der Waals surface area contributed by atoms with Gasteiger partial charge in [0.15, 0.2) is 0 Å². The Balaban J connectivity index is -0.000000320. The molecule has 0 aromatic heterocycles. The maximum Gasteiger partial charge on any atom is 0.0635 e. The van der Waals surface area contributed by atoms with E-state index in [-0.39, 0.29) is 30.4 Å². The predicted molar refractivity (Wildman–Crippen MR) is 52.4 cm³/mol. The quantitative estimate of drug-likeness (QED) is 0.533. The molecular formula is C6H18Cl2N2O. The lowest BCUT2D eigenvalue weighted by Crippen LogP contribution is -2.31. The van der Waals surface area contributed by atoms with Crippen molar-refractivity contribution in [3.8, 4) is 0 Å². The van der Waals surface area contributed by atoms with Gasteiger partial charge in [-0.15, -0.1) is 24.8 Å². The summed E-state index contributed by atoms with van der Waals surface area (Å²) in [6.45, 7) is 4.86. The molecule has 0 atom stereocenters. The number of rotatable bonds is 4. The Morgan fingerprint density at radius 3 is 2.09 bits per heavy atom. The molecule has 0 saturated heterocycles. The van der Waals surface area contributed by atoms with Crippen LogP contribution in [0, 0.1) is 0 Å². The molecule has 0 aliphatic carbocycles. The number of hydrogen-bond acceptors (Lipinski definition) is 3. The first-order chi connectivity index (χ1) is 4.12. The van der Waals surface area contributed by atoms with Crippen LogP contribution in [0.4, 0.5) is 0 Å². The number of nitrogens with one attached hydrogen (secondary N) is 1. The predicted octanol–water partition coefficient (Wildman–Crippen LogP) is 1.11. The minimum Gasteiger partial charge on any atom is -0.379 e. The summed E-state index contributed by atoms with van der Waals surface area (Å²) in [4.78, 5) is 0. The first kappa shape index (κ1) is 17.5. The Hall–Kier alpha value is 0.460. The Morgan fingerprint density at radius 1 is 1.36 bits per heavy atom. The van der Waals surface area contributed by atoms with Gasteiger partial charge in [-0.2, -0.15) is 0 Å². The Bertz CT molecular complexity index is 81.0. The van der Waals surface area contributed by atoms with Gasteiger partial charge < -0.3 is 4.74 Å². The molecule has 0 radical (unpaired) electrons. The van der Waals surface area contributed by atoms with Crippen LogP contribution in [0.25, 0.3) is 0 Å². The van der Waals surface area contributed by atoms with Crippen LogP contribution in [0.15, 0.2) is 0 Å². The smallest absolute Gasteiger partial charge is 0.0635 e. The van der Waals surface area contributed by atoms with Crippen molar-refractivity contribution in [3.63, 3.8) is 0 Å². The average molecular weight is 205 g/mol. The van der Waals surface area contributed by atoms with E-state index in [1.807, 2.05) is 13.8 Å². The Kier molecular flexibility index (Phi) is 13.6. The summed E-state index contributed by atoms with van der Waals surface area (Å²) in [7, 11) is 1.70. The molecule has 0 spiro atoms. The van der Waals surface area contributed by atoms with Crippen LogP contribution >= 0.6 is 24.8 Å². The highest BCUT2D eigenvalue weighted by Gasteiger charge is 2.14. The van der Waals surface area contributed by atoms with Gasteiger partial charge in [-0.1, -0.05) is 0 Å². The molecule has 0 rings (SSSR count). The fourth-order valence-electron chi connectivity index (χ4n) is 0.475. The second kappa shape index (κ2) is 8.56. The fourth-order valence-corrected chi connectivity index (χ4v) is 0.475. The van der Waals surface area contributed by atoms with E-state index >= 15 is 0 Å². The second-order valence-corrected chi connectivity index (χ2v) is 2.67. The van der Waals surface area contributed by atoms with Crippen molar-refractivity contribution in [3.05, 3.63) is 0 Å². The molecule has 3 N–H and O–H groups in total. The number of halogens is 2. The van der Waals surface area contributed by atoms with Crippen molar-refractivity contribution in [1.29, 1.82) is 0 Å². The molecule has 0 aromatic rings. The lowest BCUT2D eigenvalue weighted by atomic mass is 10.1. The molecule has 0 aliphatic heterocycles. The van der Waals surface area contributed by atoms with Gasteiger partial charge in [-0.3, -0.25) is 11.3 Å². The lowest BCUT2D eigenvalue weighted by Gasteiger charge is -2.21. The van der Waals surface area contributed by atoms with Crippen molar-refractivity contribution >= 4 is 24.8 Å². The van der Waals surface area contributed by atoms with E-state index < -0.39 is 0 Å². The van der Waals surface area contributed by atoms with Crippen LogP contribution in [0.3, 0.4) is 0 Å². The minimum absolute atomic E-state index is 0. The monoisotopic (exact) mass is 204 g/mol. The SMILES string of the molecule is COC(C)(C)CCNN.Cl.Cl. The molecule has 11 heavy (non-hydrogen) atoms. The highest BCUT2D eigenvalue weighted by Crippen LogP contribution is 2.10. The normalized spacial score (nSPS) is 9.82. The van der Waals surface area contributed by atoms with Gasteiger partial charge in [0.2, 0.25) is 0 Å². The summed E-state index contributed by atoms with van der Waals surface area (Å²) in [5.41, 5.74) is 2.53. The van der Waals surface area contributed by atoms with Crippen LogP contribution in [-0.2, 0) is 4.74 Å². The summed E-state index contributed by atoms with van der Waals surface area (Å²) >= 11 is 0. The van der Waals surface area contributed by atoms with Gasteiger partial charge in [0.05, 0.1) is 5.60 Å². The van der Waals surface area contributed by atoms with E-state index in [1.54, 1.807) is 7.11 Å². The molecule has 0 unspecified atom stereocenters. The zero-order valence-corrected chi connectivity index (χ0v) is 8.85. The molecular weight excluding hydrogens is 187 g/mol. The Labute approximate surface area is 80.8 Å². The van der Waals surface area contributed by atoms with Crippen LogP contribution in [0.1, 0.15) is 20.3 Å². The third-order valence-corrected chi connectivity index (χ3v) is 1.42. The summed E-state index contributed by atoms with van der Waals surface area (Å²) in [5.74, 6) is 5.08. The van der Waals surface area contributed by atoms with Crippen LogP contribution in [0.2, 0.25) is 0 Å². The van der Waals surface area contributed by atoms with Crippen molar-refractivity contribution in [1.82, 2.24) is 5.43 Å². The fraction of sp³-hybridized carbons (Fsp3) is 1.00. The van der Waals surface area contributed by atoms with Crippen LogP contribution in [0.5, 0.6) is 0 Å². The van der Waals surface area contributed by atoms with E-state index in [9.17, 15) is 0 Å². The molecule has 0 fully saturated rings. The third kappa shape index (κ3) is 10.5. The van der Waals surface area contributed by atoms with Crippen LogP contribution in [-0.4, -0.2) is 19.3 Å². The van der Waals surface area contributed by atoms with Crippen molar-refractivity contribution < 1.29 is 4.74 Å². The number of hydrazine groups is 1.